The number of hydrogen-bond acceptors (Lipinski definition) is 4. The van der Waals surface area contributed by atoms with Gasteiger partial charge in [-0.05, 0) is 19.1 Å². The molecular weight excluding hydrogens is 223 g/mol. The van der Waals surface area contributed by atoms with Gasteiger partial charge in [0.15, 0.2) is 5.82 Å². The van der Waals surface area contributed by atoms with Crippen LogP contribution in [0.2, 0.25) is 0 Å². The molecule has 0 aliphatic rings. The summed E-state index contributed by atoms with van der Waals surface area (Å²) in [5.74, 6) is -1.59. The molecule has 0 saturated heterocycles. The van der Waals surface area contributed by atoms with E-state index in [9.17, 15) is 9.18 Å². The number of hydrogen-bond donors (Lipinski definition) is 0. The van der Waals surface area contributed by atoms with Gasteiger partial charge in [0.25, 0.3) is 0 Å². The maximum absolute atomic E-state index is 13.9. The highest BCUT2D eigenvalue weighted by molar-refractivity contribution is 5.91. The zero-order chi connectivity index (χ0) is 13.0. The molecule has 0 bridgehead atoms. The fourth-order valence-electron chi connectivity index (χ4n) is 1.41. The van der Waals surface area contributed by atoms with Crippen molar-refractivity contribution in [1.29, 1.82) is 5.26 Å². The first-order valence-electron chi connectivity index (χ1n) is 5.10. The summed E-state index contributed by atoms with van der Waals surface area (Å²) in [6, 6.07) is 4.60. The van der Waals surface area contributed by atoms with Crippen LogP contribution in [0.1, 0.15) is 22.8 Å². The molecule has 0 aliphatic heterocycles. The third-order valence-electron chi connectivity index (χ3n) is 2.21. The van der Waals surface area contributed by atoms with Crippen LogP contribution in [0.4, 0.5) is 10.1 Å². The highest BCUT2D eigenvalue weighted by atomic mass is 19.1. The monoisotopic (exact) mass is 236 g/mol. The normalized spacial score (nSPS) is 9.59. The minimum absolute atomic E-state index is 0.152. The van der Waals surface area contributed by atoms with E-state index < -0.39 is 11.8 Å². The highest BCUT2D eigenvalue weighted by Gasteiger charge is 2.19. The van der Waals surface area contributed by atoms with Gasteiger partial charge in [0.2, 0.25) is 0 Å². The lowest BCUT2D eigenvalue weighted by atomic mass is 10.1. The Morgan fingerprint density at radius 3 is 2.65 bits per heavy atom. The number of anilines is 1. The van der Waals surface area contributed by atoms with Crippen molar-refractivity contribution in [3.8, 4) is 6.07 Å². The first kappa shape index (κ1) is 13.0. The van der Waals surface area contributed by atoms with E-state index >= 15 is 0 Å². The van der Waals surface area contributed by atoms with Crippen LogP contribution in [0.15, 0.2) is 12.1 Å². The van der Waals surface area contributed by atoms with E-state index in [1.807, 2.05) is 0 Å². The second kappa shape index (κ2) is 5.30. The van der Waals surface area contributed by atoms with Crippen LogP contribution in [-0.2, 0) is 4.74 Å². The predicted octanol–water partition coefficient (Wildman–Crippen LogP) is 1.94. The zero-order valence-corrected chi connectivity index (χ0v) is 9.95. The Morgan fingerprint density at radius 1 is 1.53 bits per heavy atom. The Kier molecular flexibility index (Phi) is 4.05. The molecule has 0 heterocycles. The number of esters is 1. The average molecular weight is 236 g/mol. The molecule has 1 aromatic rings. The number of benzene rings is 1. The number of ether oxygens (including phenoxy) is 1. The minimum Gasteiger partial charge on any atom is -0.462 e. The molecule has 0 saturated carbocycles. The van der Waals surface area contributed by atoms with Gasteiger partial charge in [-0.1, -0.05) is 0 Å². The molecule has 0 N–H and O–H groups in total. The lowest BCUT2D eigenvalue weighted by Crippen LogP contribution is -2.14. The van der Waals surface area contributed by atoms with Gasteiger partial charge in [0, 0.05) is 14.1 Å². The van der Waals surface area contributed by atoms with E-state index in [-0.39, 0.29) is 17.7 Å². The molecule has 0 aromatic heterocycles. The maximum Gasteiger partial charge on any atom is 0.341 e. The Morgan fingerprint density at radius 2 is 2.18 bits per heavy atom. The summed E-state index contributed by atoms with van der Waals surface area (Å²) in [6.07, 6.45) is 0. The van der Waals surface area contributed by atoms with Crippen molar-refractivity contribution in [2.45, 2.75) is 6.92 Å². The van der Waals surface area contributed by atoms with Crippen molar-refractivity contribution in [3.05, 3.63) is 29.1 Å². The Balaban J connectivity index is 3.31. The molecule has 1 aromatic carbocycles. The lowest BCUT2D eigenvalue weighted by Gasteiger charge is -2.15. The molecule has 0 spiro atoms. The van der Waals surface area contributed by atoms with E-state index in [1.54, 1.807) is 32.0 Å². The second-order valence-corrected chi connectivity index (χ2v) is 3.55. The van der Waals surface area contributed by atoms with Crippen molar-refractivity contribution < 1.29 is 13.9 Å². The fraction of sp³-hybridized carbons (Fsp3) is 0.333. The molecule has 1 rings (SSSR count). The van der Waals surface area contributed by atoms with Gasteiger partial charge in [-0.25, -0.2) is 9.18 Å². The molecule has 17 heavy (non-hydrogen) atoms. The summed E-state index contributed by atoms with van der Waals surface area (Å²) in [5.41, 5.74) is 0.0626. The highest BCUT2D eigenvalue weighted by Crippen LogP contribution is 2.24. The van der Waals surface area contributed by atoms with Gasteiger partial charge in [-0.2, -0.15) is 5.26 Å². The van der Waals surface area contributed by atoms with Crippen LogP contribution >= 0.6 is 0 Å². The topological polar surface area (TPSA) is 53.3 Å². The molecule has 5 heteroatoms. The quantitative estimate of drug-likeness (QED) is 0.752. The molecular formula is C12H13FN2O2. The summed E-state index contributed by atoms with van der Waals surface area (Å²) >= 11 is 0. The fourth-order valence-corrected chi connectivity index (χ4v) is 1.41. The van der Waals surface area contributed by atoms with Gasteiger partial charge >= 0.3 is 5.97 Å². The first-order chi connectivity index (χ1) is 8.02. The molecule has 4 nitrogen and oxygen atoms in total. The molecule has 0 radical (unpaired) electrons. The number of carbonyl (C=O) groups excluding carboxylic acids is 1. The third kappa shape index (κ3) is 2.53. The predicted molar refractivity (Wildman–Crippen MR) is 61.4 cm³/mol. The molecule has 0 amide bonds. The van der Waals surface area contributed by atoms with Crippen LogP contribution in [0.25, 0.3) is 0 Å². The SMILES string of the molecule is CCOC(=O)c1ccc(N(C)C)c(C#N)c1F. The average Bonchev–Trinajstić information content (AvgIpc) is 2.28. The number of nitriles is 1. The standard InChI is InChI=1S/C12H13FN2O2/c1-4-17-12(16)8-5-6-10(15(2)3)9(7-14)11(8)13/h5-6H,4H2,1-3H3. The van der Waals surface area contributed by atoms with Crippen molar-refractivity contribution in [3.63, 3.8) is 0 Å². The van der Waals surface area contributed by atoms with Crippen molar-refractivity contribution in [2.24, 2.45) is 0 Å². The summed E-state index contributed by atoms with van der Waals surface area (Å²) in [5, 5.41) is 8.92. The number of carbonyl (C=O) groups is 1. The molecule has 0 fully saturated rings. The van der Waals surface area contributed by atoms with Gasteiger partial charge < -0.3 is 9.64 Å². The molecule has 0 aliphatic carbocycles. The maximum atomic E-state index is 13.9. The van der Waals surface area contributed by atoms with E-state index in [2.05, 4.69) is 0 Å². The first-order valence-corrected chi connectivity index (χ1v) is 5.10. The van der Waals surface area contributed by atoms with Gasteiger partial charge in [0.1, 0.15) is 11.6 Å². The van der Waals surface area contributed by atoms with Crippen LogP contribution in [0, 0.1) is 17.1 Å². The van der Waals surface area contributed by atoms with Crippen LogP contribution in [0.5, 0.6) is 0 Å². The molecule has 90 valence electrons. The summed E-state index contributed by atoms with van der Waals surface area (Å²) < 4.78 is 18.6. The largest absolute Gasteiger partial charge is 0.462 e. The van der Waals surface area contributed by atoms with Gasteiger partial charge in [0.05, 0.1) is 17.9 Å². The third-order valence-corrected chi connectivity index (χ3v) is 2.21. The Hall–Kier alpha value is -2.09. The molecule has 0 atom stereocenters. The number of nitrogens with zero attached hydrogens (tertiary/aromatic N) is 2. The van der Waals surface area contributed by atoms with Gasteiger partial charge in [-0.3, -0.25) is 0 Å². The Bertz CT molecular complexity index is 478. The van der Waals surface area contributed by atoms with E-state index in [0.29, 0.717) is 5.69 Å². The summed E-state index contributed by atoms with van der Waals surface area (Å²) in [4.78, 5) is 13.0. The summed E-state index contributed by atoms with van der Waals surface area (Å²) in [7, 11) is 3.39. The smallest absolute Gasteiger partial charge is 0.341 e. The van der Waals surface area contributed by atoms with E-state index in [1.165, 1.54) is 12.1 Å². The van der Waals surface area contributed by atoms with E-state index in [4.69, 9.17) is 10.00 Å². The zero-order valence-electron chi connectivity index (χ0n) is 9.95. The van der Waals surface area contributed by atoms with Crippen molar-refractivity contribution in [2.75, 3.05) is 25.6 Å². The van der Waals surface area contributed by atoms with Crippen molar-refractivity contribution in [1.82, 2.24) is 0 Å². The Labute approximate surface area is 99.2 Å². The lowest BCUT2D eigenvalue weighted by molar-refractivity contribution is 0.0521. The van der Waals surface area contributed by atoms with Crippen LogP contribution in [-0.4, -0.2) is 26.7 Å². The number of halogens is 1. The van der Waals surface area contributed by atoms with Gasteiger partial charge in [-0.15, -0.1) is 0 Å². The molecule has 0 unspecified atom stereocenters. The second-order valence-electron chi connectivity index (χ2n) is 3.55. The summed E-state index contributed by atoms with van der Waals surface area (Å²) in [6.45, 7) is 1.80. The van der Waals surface area contributed by atoms with E-state index in [0.717, 1.165) is 0 Å². The van der Waals surface area contributed by atoms with Crippen LogP contribution < -0.4 is 4.90 Å². The minimum atomic E-state index is -0.836. The van der Waals surface area contributed by atoms with Crippen LogP contribution in [0.3, 0.4) is 0 Å². The number of rotatable bonds is 3. The van der Waals surface area contributed by atoms with Crippen molar-refractivity contribution >= 4 is 11.7 Å².